The van der Waals surface area contributed by atoms with E-state index in [2.05, 4.69) is 38.8 Å². The molecule has 1 saturated carbocycles. The van der Waals surface area contributed by atoms with Crippen LogP contribution in [0.5, 0.6) is 0 Å². The molecular formula is C14H22N6. The first-order valence-electron chi connectivity index (χ1n) is 7.38. The Bertz CT molecular complexity index is 584. The number of imidazole rings is 1. The fourth-order valence-electron chi connectivity index (χ4n) is 3.20. The maximum atomic E-state index is 5.79. The number of rotatable bonds is 3. The van der Waals surface area contributed by atoms with Gasteiger partial charge in [0.15, 0.2) is 11.5 Å². The van der Waals surface area contributed by atoms with Gasteiger partial charge < -0.3 is 15.6 Å². The molecule has 0 unspecified atom stereocenters. The molecule has 0 bridgehead atoms. The lowest BCUT2D eigenvalue weighted by molar-refractivity contribution is 0.313. The average molecular weight is 274 g/mol. The van der Waals surface area contributed by atoms with Crippen molar-refractivity contribution >= 4 is 22.9 Å². The highest BCUT2D eigenvalue weighted by Gasteiger charge is 2.25. The number of aromatic amines is 1. The van der Waals surface area contributed by atoms with Crippen molar-refractivity contribution in [2.75, 3.05) is 17.7 Å². The predicted molar refractivity (Wildman–Crippen MR) is 80.5 cm³/mol. The van der Waals surface area contributed by atoms with Gasteiger partial charge in [-0.25, -0.2) is 4.98 Å². The third-order valence-corrected chi connectivity index (χ3v) is 4.56. The third-order valence-electron chi connectivity index (χ3n) is 4.56. The van der Waals surface area contributed by atoms with E-state index in [1.807, 2.05) is 0 Å². The van der Waals surface area contributed by atoms with Crippen LogP contribution in [0.2, 0.25) is 0 Å². The number of fused-ring (bicyclic) bond motifs is 1. The molecule has 3 rings (SSSR count). The van der Waals surface area contributed by atoms with Gasteiger partial charge in [0.05, 0.1) is 6.33 Å². The van der Waals surface area contributed by atoms with Crippen LogP contribution in [0.15, 0.2) is 6.33 Å². The van der Waals surface area contributed by atoms with Gasteiger partial charge in [-0.15, -0.1) is 0 Å². The van der Waals surface area contributed by atoms with E-state index < -0.39 is 0 Å². The average Bonchev–Trinajstić information content (AvgIpc) is 2.94. The molecule has 1 aliphatic carbocycles. The first-order valence-corrected chi connectivity index (χ1v) is 7.38. The van der Waals surface area contributed by atoms with Crippen LogP contribution >= 0.6 is 0 Å². The number of hydrogen-bond donors (Lipinski definition) is 2. The van der Waals surface area contributed by atoms with Crippen molar-refractivity contribution in [2.45, 2.75) is 45.1 Å². The Hall–Kier alpha value is -1.85. The summed E-state index contributed by atoms with van der Waals surface area (Å²) in [7, 11) is 2.10. The van der Waals surface area contributed by atoms with E-state index in [1.165, 1.54) is 32.1 Å². The Labute approximate surface area is 118 Å². The van der Waals surface area contributed by atoms with Crippen LogP contribution in [0.4, 0.5) is 11.8 Å². The molecule has 1 fully saturated rings. The van der Waals surface area contributed by atoms with Crippen LogP contribution in [0.3, 0.4) is 0 Å². The second-order valence-electron chi connectivity index (χ2n) is 5.70. The van der Waals surface area contributed by atoms with Gasteiger partial charge in [0, 0.05) is 13.1 Å². The van der Waals surface area contributed by atoms with Gasteiger partial charge >= 0.3 is 0 Å². The number of H-pyrrole nitrogens is 1. The number of nitrogens with one attached hydrogen (secondary N) is 1. The van der Waals surface area contributed by atoms with E-state index in [0.717, 1.165) is 17.3 Å². The molecule has 108 valence electrons. The highest BCUT2D eigenvalue weighted by molar-refractivity contribution is 5.84. The maximum Gasteiger partial charge on any atom is 0.224 e. The molecule has 20 heavy (non-hydrogen) atoms. The number of aromatic nitrogens is 4. The lowest BCUT2D eigenvalue weighted by Gasteiger charge is -2.35. The Balaban J connectivity index is 1.85. The fourth-order valence-corrected chi connectivity index (χ4v) is 3.20. The summed E-state index contributed by atoms with van der Waals surface area (Å²) in [6, 6.07) is 0.526. The third kappa shape index (κ3) is 2.30. The zero-order valence-corrected chi connectivity index (χ0v) is 12.1. The minimum absolute atomic E-state index is 0.286. The van der Waals surface area contributed by atoms with Gasteiger partial charge in [-0.1, -0.05) is 13.3 Å². The molecule has 0 atom stereocenters. The zero-order chi connectivity index (χ0) is 14.1. The number of nitrogens with two attached hydrogens (primary N) is 1. The first-order chi connectivity index (χ1) is 9.69. The van der Waals surface area contributed by atoms with Crippen LogP contribution in [0, 0.1) is 5.92 Å². The normalized spacial score (nSPS) is 23.1. The van der Waals surface area contributed by atoms with Gasteiger partial charge in [0.1, 0.15) is 5.52 Å². The molecule has 2 aromatic rings. The molecule has 2 aromatic heterocycles. The second-order valence-corrected chi connectivity index (χ2v) is 5.70. The van der Waals surface area contributed by atoms with Crippen molar-refractivity contribution in [1.29, 1.82) is 0 Å². The van der Waals surface area contributed by atoms with Gasteiger partial charge in [-0.3, -0.25) is 0 Å². The van der Waals surface area contributed by atoms with E-state index in [0.29, 0.717) is 11.7 Å². The Kier molecular flexibility index (Phi) is 3.46. The van der Waals surface area contributed by atoms with Crippen molar-refractivity contribution in [2.24, 2.45) is 5.92 Å². The van der Waals surface area contributed by atoms with Crippen LogP contribution in [0.25, 0.3) is 11.2 Å². The lowest BCUT2D eigenvalue weighted by atomic mass is 9.84. The Morgan fingerprint density at radius 3 is 2.75 bits per heavy atom. The summed E-state index contributed by atoms with van der Waals surface area (Å²) in [6.07, 6.45) is 7.98. The minimum atomic E-state index is 0.286. The summed E-state index contributed by atoms with van der Waals surface area (Å²) < 4.78 is 0. The molecule has 0 aliphatic heterocycles. The monoisotopic (exact) mass is 274 g/mol. The van der Waals surface area contributed by atoms with Gasteiger partial charge in [0.25, 0.3) is 0 Å². The van der Waals surface area contributed by atoms with Crippen molar-refractivity contribution in [3.8, 4) is 0 Å². The first kappa shape index (κ1) is 13.1. The summed E-state index contributed by atoms with van der Waals surface area (Å²) in [5.74, 6) is 2.04. The molecule has 0 spiro atoms. The summed E-state index contributed by atoms with van der Waals surface area (Å²) in [5.41, 5.74) is 7.31. The predicted octanol–water partition coefficient (Wildman–Crippen LogP) is 2.34. The molecule has 0 saturated heterocycles. The van der Waals surface area contributed by atoms with Crippen molar-refractivity contribution < 1.29 is 0 Å². The number of hydrogen-bond acceptors (Lipinski definition) is 5. The van der Waals surface area contributed by atoms with Crippen LogP contribution in [-0.2, 0) is 0 Å². The molecule has 2 heterocycles. The standard InChI is InChI=1S/C14H22N6/c1-3-9-4-6-10(7-5-9)20(2)13-11-12(17-8-16-11)18-14(15)19-13/h8-10H,3-7H2,1-2H3,(H3,15,16,17,18,19). The molecule has 0 radical (unpaired) electrons. The quantitative estimate of drug-likeness (QED) is 0.897. The molecule has 1 aliphatic rings. The molecule has 6 nitrogen and oxygen atoms in total. The lowest BCUT2D eigenvalue weighted by Crippen LogP contribution is -2.36. The summed E-state index contributed by atoms with van der Waals surface area (Å²) in [4.78, 5) is 18.1. The van der Waals surface area contributed by atoms with Crippen molar-refractivity contribution in [3.05, 3.63) is 6.33 Å². The molecular weight excluding hydrogens is 252 g/mol. The number of anilines is 2. The fraction of sp³-hybridized carbons (Fsp3) is 0.643. The highest BCUT2D eigenvalue weighted by Crippen LogP contribution is 2.32. The van der Waals surface area contributed by atoms with Crippen molar-refractivity contribution in [3.63, 3.8) is 0 Å². The topological polar surface area (TPSA) is 83.7 Å². The Morgan fingerprint density at radius 2 is 2.05 bits per heavy atom. The maximum absolute atomic E-state index is 5.79. The van der Waals surface area contributed by atoms with E-state index in [4.69, 9.17) is 5.73 Å². The Morgan fingerprint density at radius 1 is 1.30 bits per heavy atom. The van der Waals surface area contributed by atoms with Gasteiger partial charge in [-0.05, 0) is 31.6 Å². The van der Waals surface area contributed by atoms with Crippen molar-refractivity contribution in [1.82, 2.24) is 19.9 Å². The zero-order valence-electron chi connectivity index (χ0n) is 12.1. The van der Waals surface area contributed by atoms with E-state index >= 15 is 0 Å². The largest absolute Gasteiger partial charge is 0.368 e. The van der Waals surface area contributed by atoms with Crippen LogP contribution in [-0.4, -0.2) is 33.0 Å². The van der Waals surface area contributed by atoms with Gasteiger partial charge in [-0.2, -0.15) is 9.97 Å². The smallest absolute Gasteiger partial charge is 0.224 e. The SMILES string of the molecule is CCC1CCC(N(C)c2nc(N)nc3nc[nH]c23)CC1. The number of nitrogens with zero attached hydrogens (tertiary/aromatic N) is 4. The number of nitrogen functional groups attached to an aromatic ring is 1. The second kappa shape index (κ2) is 5.26. The van der Waals surface area contributed by atoms with Gasteiger partial charge in [0.2, 0.25) is 5.95 Å². The molecule has 6 heteroatoms. The van der Waals surface area contributed by atoms with E-state index in [1.54, 1.807) is 6.33 Å². The van der Waals surface area contributed by atoms with Crippen LogP contribution < -0.4 is 10.6 Å². The van der Waals surface area contributed by atoms with E-state index in [9.17, 15) is 0 Å². The van der Waals surface area contributed by atoms with E-state index in [-0.39, 0.29) is 5.95 Å². The summed E-state index contributed by atoms with van der Waals surface area (Å²) in [6.45, 7) is 2.29. The molecule has 3 N–H and O–H groups in total. The summed E-state index contributed by atoms with van der Waals surface area (Å²) >= 11 is 0. The summed E-state index contributed by atoms with van der Waals surface area (Å²) in [5, 5.41) is 0. The van der Waals surface area contributed by atoms with Crippen LogP contribution in [0.1, 0.15) is 39.0 Å². The minimum Gasteiger partial charge on any atom is -0.368 e. The molecule has 0 aromatic carbocycles. The molecule has 0 amide bonds. The highest BCUT2D eigenvalue weighted by atomic mass is 15.2.